The van der Waals surface area contributed by atoms with Gasteiger partial charge in [0.2, 0.25) is 11.9 Å². The van der Waals surface area contributed by atoms with E-state index < -0.39 is 0 Å². The molecule has 1 amide bonds. The quantitative estimate of drug-likeness (QED) is 0.946. The van der Waals surface area contributed by atoms with E-state index in [0.717, 1.165) is 31.5 Å². The molecule has 6 heteroatoms. The highest BCUT2D eigenvalue weighted by Gasteiger charge is 2.26. The highest BCUT2D eigenvalue weighted by atomic mass is 19.1. The Morgan fingerprint density at radius 2 is 1.96 bits per heavy atom. The summed E-state index contributed by atoms with van der Waals surface area (Å²) in [5.74, 6) is 0.235. The van der Waals surface area contributed by atoms with Gasteiger partial charge in [-0.25, -0.2) is 14.4 Å². The van der Waals surface area contributed by atoms with Crippen molar-refractivity contribution in [1.29, 1.82) is 0 Å². The van der Waals surface area contributed by atoms with Crippen LogP contribution in [0.4, 0.5) is 16.0 Å². The van der Waals surface area contributed by atoms with E-state index in [4.69, 9.17) is 0 Å². The van der Waals surface area contributed by atoms with Crippen LogP contribution in [-0.2, 0) is 4.79 Å². The van der Waals surface area contributed by atoms with Gasteiger partial charge in [-0.1, -0.05) is 6.07 Å². The molecule has 1 aromatic heterocycles. The summed E-state index contributed by atoms with van der Waals surface area (Å²) in [6, 6.07) is 6.20. The lowest BCUT2D eigenvalue weighted by atomic mass is 9.96. The normalized spacial score (nSPS) is 15.5. The third-order valence-electron chi connectivity index (χ3n) is 4.16. The van der Waals surface area contributed by atoms with Crippen molar-refractivity contribution in [1.82, 2.24) is 9.97 Å². The number of nitrogens with one attached hydrogen (secondary N) is 1. The van der Waals surface area contributed by atoms with Crippen LogP contribution in [-0.4, -0.2) is 29.0 Å². The molecule has 1 aliphatic rings. The molecule has 1 aromatic carbocycles. The van der Waals surface area contributed by atoms with Crippen LogP contribution in [0.15, 0.2) is 36.7 Å². The first-order valence-corrected chi connectivity index (χ1v) is 7.72. The highest BCUT2D eigenvalue weighted by molar-refractivity contribution is 5.93. The molecule has 0 saturated carbocycles. The summed E-state index contributed by atoms with van der Waals surface area (Å²) in [7, 11) is 0. The first-order valence-electron chi connectivity index (χ1n) is 7.72. The SMILES string of the molecule is Cc1ccc(F)cc1NC(=O)C1CCN(c2ncccn2)CC1. The summed E-state index contributed by atoms with van der Waals surface area (Å²) in [6.45, 7) is 3.33. The molecule has 0 radical (unpaired) electrons. The van der Waals surface area contributed by atoms with Crippen molar-refractivity contribution in [2.75, 3.05) is 23.3 Å². The number of carbonyl (C=O) groups is 1. The predicted octanol–water partition coefficient (Wildman–Crippen LogP) is 2.78. The van der Waals surface area contributed by atoms with Gasteiger partial charge in [-0.3, -0.25) is 4.79 Å². The fourth-order valence-electron chi connectivity index (χ4n) is 2.76. The number of aromatic nitrogens is 2. The zero-order chi connectivity index (χ0) is 16.2. The molecule has 3 rings (SSSR count). The lowest BCUT2D eigenvalue weighted by molar-refractivity contribution is -0.120. The number of piperidine rings is 1. The first-order chi connectivity index (χ1) is 11.1. The fourth-order valence-corrected chi connectivity index (χ4v) is 2.76. The molecule has 0 unspecified atom stereocenters. The second kappa shape index (κ2) is 6.73. The summed E-state index contributed by atoms with van der Waals surface area (Å²) in [4.78, 5) is 22.9. The largest absolute Gasteiger partial charge is 0.341 e. The van der Waals surface area contributed by atoms with Crippen LogP contribution in [0.3, 0.4) is 0 Å². The van der Waals surface area contributed by atoms with Gasteiger partial charge in [0.25, 0.3) is 0 Å². The van der Waals surface area contributed by atoms with Crippen LogP contribution < -0.4 is 10.2 Å². The van der Waals surface area contributed by atoms with Crippen LogP contribution in [0.5, 0.6) is 0 Å². The van der Waals surface area contributed by atoms with Gasteiger partial charge in [0.15, 0.2) is 0 Å². The summed E-state index contributed by atoms with van der Waals surface area (Å²) in [5.41, 5.74) is 1.40. The predicted molar refractivity (Wildman–Crippen MR) is 86.7 cm³/mol. The third-order valence-corrected chi connectivity index (χ3v) is 4.16. The Labute approximate surface area is 134 Å². The average molecular weight is 314 g/mol. The van der Waals surface area contributed by atoms with Crippen LogP contribution in [0.25, 0.3) is 0 Å². The maximum Gasteiger partial charge on any atom is 0.227 e. The molecule has 0 aliphatic carbocycles. The third kappa shape index (κ3) is 3.64. The molecular formula is C17H19FN4O. The smallest absolute Gasteiger partial charge is 0.227 e. The minimum absolute atomic E-state index is 0.0488. The molecule has 2 aromatic rings. The molecule has 1 aliphatic heterocycles. The van der Waals surface area contributed by atoms with Gasteiger partial charge < -0.3 is 10.2 Å². The number of anilines is 2. The topological polar surface area (TPSA) is 58.1 Å². The molecule has 5 nitrogen and oxygen atoms in total. The lowest BCUT2D eigenvalue weighted by Gasteiger charge is -2.31. The summed E-state index contributed by atoms with van der Waals surface area (Å²) >= 11 is 0. The molecule has 0 atom stereocenters. The van der Waals surface area contributed by atoms with E-state index in [1.807, 2.05) is 6.92 Å². The molecule has 1 N–H and O–H groups in total. The highest BCUT2D eigenvalue weighted by Crippen LogP contribution is 2.23. The number of halogens is 1. The van der Waals surface area contributed by atoms with Crippen molar-refractivity contribution in [2.45, 2.75) is 19.8 Å². The summed E-state index contributed by atoms with van der Waals surface area (Å²) < 4.78 is 13.3. The number of benzene rings is 1. The minimum atomic E-state index is -0.345. The molecule has 120 valence electrons. The Bertz CT molecular complexity index is 684. The van der Waals surface area contributed by atoms with Crippen LogP contribution >= 0.6 is 0 Å². The van der Waals surface area contributed by atoms with E-state index in [1.54, 1.807) is 24.5 Å². The van der Waals surface area contributed by atoms with Crippen molar-refractivity contribution < 1.29 is 9.18 Å². The maximum absolute atomic E-state index is 13.3. The molecule has 0 bridgehead atoms. The minimum Gasteiger partial charge on any atom is -0.341 e. The number of hydrogen-bond acceptors (Lipinski definition) is 4. The van der Waals surface area contributed by atoms with E-state index in [9.17, 15) is 9.18 Å². The molecular weight excluding hydrogens is 295 g/mol. The van der Waals surface area contributed by atoms with Gasteiger partial charge in [-0.2, -0.15) is 0 Å². The average Bonchev–Trinajstić information content (AvgIpc) is 2.59. The monoisotopic (exact) mass is 314 g/mol. The van der Waals surface area contributed by atoms with Gasteiger partial charge in [-0.15, -0.1) is 0 Å². The van der Waals surface area contributed by atoms with Gasteiger partial charge in [0.05, 0.1) is 0 Å². The summed E-state index contributed by atoms with van der Waals surface area (Å²) in [5, 5.41) is 2.85. The van der Waals surface area contributed by atoms with E-state index in [1.165, 1.54) is 12.1 Å². The first kappa shape index (κ1) is 15.4. The molecule has 1 fully saturated rings. The van der Waals surface area contributed by atoms with E-state index >= 15 is 0 Å². The number of carbonyl (C=O) groups excluding carboxylic acids is 1. The van der Waals surface area contributed by atoms with Crippen molar-refractivity contribution in [2.24, 2.45) is 5.92 Å². The van der Waals surface area contributed by atoms with Crippen molar-refractivity contribution in [3.8, 4) is 0 Å². The van der Waals surface area contributed by atoms with Gasteiger partial charge in [0, 0.05) is 37.1 Å². The fraction of sp³-hybridized carbons (Fsp3) is 0.353. The van der Waals surface area contributed by atoms with Crippen LogP contribution in [0.2, 0.25) is 0 Å². The zero-order valence-electron chi connectivity index (χ0n) is 13.0. The Kier molecular flexibility index (Phi) is 4.50. The van der Waals surface area contributed by atoms with Crippen molar-refractivity contribution in [3.05, 3.63) is 48.0 Å². The summed E-state index contributed by atoms with van der Waals surface area (Å²) in [6.07, 6.45) is 4.90. The Hall–Kier alpha value is -2.50. The van der Waals surface area contributed by atoms with Gasteiger partial charge >= 0.3 is 0 Å². The van der Waals surface area contributed by atoms with Gasteiger partial charge in [-0.05, 0) is 43.5 Å². The van der Waals surface area contributed by atoms with Gasteiger partial charge in [0.1, 0.15) is 5.82 Å². The standard InChI is InChI=1S/C17H19FN4O/c1-12-3-4-14(18)11-15(12)21-16(23)13-5-9-22(10-6-13)17-19-7-2-8-20-17/h2-4,7-8,11,13H,5-6,9-10H2,1H3,(H,21,23). The van der Waals surface area contributed by atoms with E-state index in [2.05, 4.69) is 20.2 Å². The number of nitrogens with zero attached hydrogens (tertiary/aromatic N) is 3. The number of amides is 1. The Morgan fingerprint density at radius 3 is 2.65 bits per heavy atom. The van der Waals surface area contributed by atoms with Crippen LogP contribution in [0, 0.1) is 18.7 Å². The van der Waals surface area contributed by atoms with Crippen LogP contribution in [0.1, 0.15) is 18.4 Å². The van der Waals surface area contributed by atoms with Crippen molar-refractivity contribution in [3.63, 3.8) is 0 Å². The number of aryl methyl sites for hydroxylation is 1. The molecule has 23 heavy (non-hydrogen) atoms. The number of rotatable bonds is 3. The lowest BCUT2D eigenvalue weighted by Crippen LogP contribution is -2.39. The van der Waals surface area contributed by atoms with Crippen molar-refractivity contribution >= 4 is 17.5 Å². The molecule has 0 spiro atoms. The van der Waals surface area contributed by atoms with E-state index in [0.29, 0.717) is 11.6 Å². The second-order valence-electron chi connectivity index (χ2n) is 5.76. The maximum atomic E-state index is 13.3. The second-order valence-corrected chi connectivity index (χ2v) is 5.76. The number of hydrogen-bond donors (Lipinski definition) is 1. The van der Waals surface area contributed by atoms with E-state index in [-0.39, 0.29) is 17.6 Å². The Morgan fingerprint density at radius 1 is 1.26 bits per heavy atom. The molecule has 2 heterocycles. The zero-order valence-corrected chi connectivity index (χ0v) is 13.0. The Balaban J connectivity index is 1.59. The molecule has 1 saturated heterocycles.